The van der Waals surface area contributed by atoms with E-state index < -0.39 is 17.7 Å². The lowest BCUT2D eigenvalue weighted by Gasteiger charge is -2.49. The number of hydrogen-bond acceptors (Lipinski definition) is 4. The van der Waals surface area contributed by atoms with Crippen LogP contribution in [-0.4, -0.2) is 48.4 Å². The lowest BCUT2D eigenvalue weighted by Crippen LogP contribution is -2.62. The number of halogens is 3. The quantitative estimate of drug-likeness (QED) is 0.803. The zero-order valence-corrected chi connectivity index (χ0v) is 17.3. The summed E-state index contributed by atoms with van der Waals surface area (Å²) in [6, 6.07) is 6.48. The Bertz CT molecular complexity index is 972. The first-order chi connectivity index (χ1) is 14.6. The fourth-order valence-corrected chi connectivity index (χ4v) is 4.43. The maximum Gasteiger partial charge on any atom is 0.416 e. The number of alkyl halides is 3. The van der Waals surface area contributed by atoms with Gasteiger partial charge < -0.3 is 19.5 Å². The lowest BCUT2D eigenvalue weighted by atomic mass is 9.82. The molecule has 2 aromatic rings. The summed E-state index contributed by atoms with van der Waals surface area (Å²) in [5, 5.41) is 2.88. The number of furan rings is 1. The van der Waals surface area contributed by atoms with E-state index in [9.17, 15) is 22.8 Å². The van der Waals surface area contributed by atoms with Gasteiger partial charge >= 0.3 is 6.18 Å². The molecular weight excluding hydrogens is 411 g/mol. The topological polar surface area (TPSA) is 65.8 Å². The molecule has 0 saturated carbocycles. The standard InChI is InChI=1S/C22H24F3N3O3/c1-13(2)26-20(29)16-11-14-10-15(22(23,24)25)5-6-17(14)28-8-7-27(12-18(16)28)21(30)19-4-3-9-31-19/h3-6,9-10,13,16,18H,7-8,11-12H2,1-2H3,(H,26,29)/t16-,18-/m0/s1. The lowest BCUT2D eigenvalue weighted by molar-refractivity contribution is -0.137. The average Bonchev–Trinajstić information content (AvgIpc) is 3.25. The van der Waals surface area contributed by atoms with Crippen molar-refractivity contribution in [1.82, 2.24) is 10.2 Å². The summed E-state index contributed by atoms with van der Waals surface area (Å²) in [6.45, 7) is 4.76. The van der Waals surface area contributed by atoms with E-state index >= 15 is 0 Å². The number of carbonyl (C=O) groups excluding carboxylic acids is 2. The van der Waals surface area contributed by atoms with Gasteiger partial charge in [-0.3, -0.25) is 9.59 Å². The van der Waals surface area contributed by atoms with Crippen LogP contribution in [0.4, 0.5) is 18.9 Å². The molecule has 0 spiro atoms. The van der Waals surface area contributed by atoms with E-state index in [4.69, 9.17) is 4.42 Å². The number of nitrogens with one attached hydrogen (secondary N) is 1. The first-order valence-corrected chi connectivity index (χ1v) is 10.2. The molecule has 2 aliphatic heterocycles. The second kappa shape index (κ2) is 7.94. The number of fused-ring (bicyclic) bond motifs is 3. The van der Waals surface area contributed by atoms with Crippen molar-refractivity contribution >= 4 is 17.5 Å². The van der Waals surface area contributed by atoms with Crippen LogP contribution in [0.3, 0.4) is 0 Å². The van der Waals surface area contributed by atoms with Crippen molar-refractivity contribution in [3.63, 3.8) is 0 Å². The van der Waals surface area contributed by atoms with E-state index in [0.717, 1.165) is 12.1 Å². The van der Waals surface area contributed by atoms with Gasteiger partial charge in [-0.25, -0.2) is 0 Å². The summed E-state index contributed by atoms with van der Waals surface area (Å²) in [6.07, 6.45) is -2.84. The molecule has 31 heavy (non-hydrogen) atoms. The van der Waals surface area contributed by atoms with Crippen LogP contribution in [0.15, 0.2) is 41.0 Å². The fourth-order valence-electron chi connectivity index (χ4n) is 4.43. The van der Waals surface area contributed by atoms with E-state index in [1.54, 1.807) is 17.0 Å². The molecule has 1 saturated heterocycles. The Morgan fingerprint density at radius 2 is 1.97 bits per heavy atom. The van der Waals surface area contributed by atoms with Gasteiger partial charge in [0.25, 0.3) is 5.91 Å². The molecule has 9 heteroatoms. The number of piperazine rings is 1. The highest BCUT2D eigenvalue weighted by atomic mass is 19.4. The summed E-state index contributed by atoms with van der Waals surface area (Å²) in [7, 11) is 0. The number of anilines is 1. The van der Waals surface area contributed by atoms with Crippen molar-refractivity contribution in [2.45, 2.75) is 38.5 Å². The SMILES string of the molecule is CC(C)NC(=O)[C@H]1Cc2cc(C(F)(F)F)ccc2N2CCN(C(=O)c3ccco3)C[C@@H]12. The molecule has 1 fully saturated rings. The van der Waals surface area contributed by atoms with Gasteiger partial charge in [0.2, 0.25) is 5.91 Å². The number of amides is 2. The Kier molecular flexibility index (Phi) is 5.45. The molecular formula is C22H24F3N3O3. The van der Waals surface area contributed by atoms with Crippen LogP contribution in [0.2, 0.25) is 0 Å². The minimum absolute atomic E-state index is 0.103. The largest absolute Gasteiger partial charge is 0.459 e. The minimum Gasteiger partial charge on any atom is -0.459 e. The molecule has 4 rings (SSSR count). The maximum absolute atomic E-state index is 13.2. The van der Waals surface area contributed by atoms with E-state index in [1.165, 1.54) is 12.3 Å². The summed E-state index contributed by atoms with van der Waals surface area (Å²) in [5.41, 5.74) is 0.469. The van der Waals surface area contributed by atoms with Gasteiger partial charge in [-0.2, -0.15) is 13.2 Å². The van der Waals surface area contributed by atoms with Crippen molar-refractivity contribution in [3.8, 4) is 0 Å². The molecule has 1 N–H and O–H groups in total. The predicted molar refractivity (Wildman–Crippen MR) is 108 cm³/mol. The highest BCUT2D eigenvalue weighted by molar-refractivity contribution is 5.92. The van der Waals surface area contributed by atoms with Gasteiger partial charge in [-0.1, -0.05) is 0 Å². The molecule has 1 aromatic carbocycles. The zero-order valence-electron chi connectivity index (χ0n) is 17.3. The van der Waals surface area contributed by atoms with Crippen molar-refractivity contribution in [3.05, 3.63) is 53.5 Å². The minimum atomic E-state index is -4.45. The van der Waals surface area contributed by atoms with Gasteiger partial charge in [0.05, 0.1) is 23.8 Å². The van der Waals surface area contributed by atoms with Gasteiger partial charge in [0, 0.05) is 31.4 Å². The van der Waals surface area contributed by atoms with E-state index in [0.29, 0.717) is 24.3 Å². The van der Waals surface area contributed by atoms with Crippen molar-refractivity contribution in [2.75, 3.05) is 24.5 Å². The Morgan fingerprint density at radius 1 is 1.19 bits per heavy atom. The molecule has 6 nitrogen and oxygen atoms in total. The van der Waals surface area contributed by atoms with E-state index in [-0.39, 0.29) is 42.6 Å². The average molecular weight is 435 g/mol. The third-order valence-electron chi connectivity index (χ3n) is 5.83. The number of nitrogens with zero attached hydrogens (tertiary/aromatic N) is 2. The van der Waals surface area contributed by atoms with Crippen LogP contribution < -0.4 is 10.2 Å². The molecule has 166 valence electrons. The predicted octanol–water partition coefficient (Wildman–Crippen LogP) is 3.33. The number of benzene rings is 1. The molecule has 0 aliphatic carbocycles. The summed E-state index contributed by atoms with van der Waals surface area (Å²) >= 11 is 0. The van der Waals surface area contributed by atoms with Crippen LogP contribution >= 0.6 is 0 Å². The highest BCUT2D eigenvalue weighted by Gasteiger charge is 2.43. The monoisotopic (exact) mass is 435 g/mol. The molecule has 0 bridgehead atoms. The Morgan fingerprint density at radius 3 is 2.61 bits per heavy atom. The van der Waals surface area contributed by atoms with Crippen LogP contribution in [-0.2, 0) is 17.4 Å². The van der Waals surface area contributed by atoms with Crippen molar-refractivity contribution in [1.29, 1.82) is 0 Å². The normalized spacial score (nSPS) is 21.0. The molecule has 0 unspecified atom stereocenters. The van der Waals surface area contributed by atoms with Gasteiger partial charge in [-0.05, 0) is 56.2 Å². The van der Waals surface area contributed by atoms with Crippen LogP contribution in [0.25, 0.3) is 0 Å². The molecule has 3 heterocycles. The smallest absolute Gasteiger partial charge is 0.416 e. The second-order valence-electron chi connectivity index (χ2n) is 8.30. The zero-order chi connectivity index (χ0) is 22.3. The number of carbonyl (C=O) groups is 2. The first kappa shape index (κ1) is 21.3. The molecule has 2 amide bonds. The summed E-state index contributed by atoms with van der Waals surface area (Å²) in [5.74, 6) is -0.834. The maximum atomic E-state index is 13.2. The van der Waals surface area contributed by atoms with Gasteiger partial charge in [0.15, 0.2) is 5.76 Å². The second-order valence-corrected chi connectivity index (χ2v) is 8.30. The first-order valence-electron chi connectivity index (χ1n) is 10.2. The van der Waals surface area contributed by atoms with Gasteiger partial charge in [0.1, 0.15) is 0 Å². The molecule has 0 radical (unpaired) electrons. The molecule has 1 aromatic heterocycles. The van der Waals surface area contributed by atoms with Crippen LogP contribution in [0, 0.1) is 5.92 Å². The van der Waals surface area contributed by atoms with Crippen molar-refractivity contribution < 1.29 is 27.2 Å². The van der Waals surface area contributed by atoms with Crippen molar-refractivity contribution in [2.24, 2.45) is 5.92 Å². The van der Waals surface area contributed by atoms with Crippen LogP contribution in [0.1, 0.15) is 35.5 Å². The number of rotatable bonds is 3. The Balaban J connectivity index is 1.67. The number of hydrogen-bond donors (Lipinski definition) is 1. The third-order valence-corrected chi connectivity index (χ3v) is 5.83. The third kappa shape index (κ3) is 4.13. The molecule has 2 atom stereocenters. The molecule has 2 aliphatic rings. The fraction of sp³-hybridized carbons (Fsp3) is 0.455. The van der Waals surface area contributed by atoms with E-state index in [2.05, 4.69) is 5.32 Å². The Hall–Kier alpha value is -2.97. The van der Waals surface area contributed by atoms with E-state index in [1.807, 2.05) is 18.7 Å². The van der Waals surface area contributed by atoms with Crippen LogP contribution in [0.5, 0.6) is 0 Å². The summed E-state index contributed by atoms with van der Waals surface area (Å²) < 4.78 is 45.0. The Labute approximate surface area is 178 Å². The highest BCUT2D eigenvalue weighted by Crippen LogP contribution is 2.40. The van der Waals surface area contributed by atoms with Gasteiger partial charge in [-0.15, -0.1) is 0 Å². The summed E-state index contributed by atoms with van der Waals surface area (Å²) in [4.78, 5) is 29.4.